The Kier molecular flexibility index (Phi) is 7.35. The van der Waals surface area contributed by atoms with E-state index >= 15 is 0 Å². The zero-order valence-corrected chi connectivity index (χ0v) is 18.3. The maximum atomic E-state index is 12.3. The topological polar surface area (TPSA) is 78.3 Å². The predicted octanol–water partition coefficient (Wildman–Crippen LogP) is 4.74. The van der Waals surface area contributed by atoms with Gasteiger partial charge in [0.1, 0.15) is 0 Å². The van der Waals surface area contributed by atoms with Gasteiger partial charge >= 0.3 is 0 Å². The average molecular weight is 427 g/mol. The summed E-state index contributed by atoms with van der Waals surface area (Å²) in [6.07, 6.45) is -0.344. The third kappa shape index (κ3) is 5.33. The highest BCUT2D eigenvalue weighted by atomic mass is 32.2. The summed E-state index contributed by atoms with van der Waals surface area (Å²) >= 11 is 1.35. The van der Waals surface area contributed by atoms with Crippen LogP contribution in [0.15, 0.2) is 59.8 Å². The van der Waals surface area contributed by atoms with Gasteiger partial charge in [-0.15, -0.1) is 10.2 Å². The summed E-state index contributed by atoms with van der Waals surface area (Å²) < 4.78 is 13.5. The lowest BCUT2D eigenvalue weighted by atomic mass is 10.3. The molecule has 0 aliphatic carbocycles. The van der Waals surface area contributed by atoms with Crippen molar-refractivity contribution >= 4 is 23.4 Å². The Hall–Kier alpha value is -3.00. The van der Waals surface area contributed by atoms with Crippen LogP contribution in [0.3, 0.4) is 0 Å². The Morgan fingerprint density at radius 2 is 1.70 bits per heavy atom. The monoisotopic (exact) mass is 426 g/mol. The highest BCUT2D eigenvalue weighted by Crippen LogP contribution is 2.32. The predicted molar refractivity (Wildman–Crippen MR) is 118 cm³/mol. The van der Waals surface area contributed by atoms with Crippen molar-refractivity contribution in [2.75, 3.05) is 18.2 Å². The van der Waals surface area contributed by atoms with Gasteiger partial charge in [-0.05, 0) is 45.0 Å². The molecule has 0 radical (unpaired) electrons. The van der Waals surface area contributed by atoms with E-state index in [4.69, 9.17) is 9.47 Å². The lowest BCUT2D eigenvalue weighted by Gasteiger charge is -2.19. The third-order valence-electron chi connectivity index (χ3n) is 4.33. The number of carbonyl (C=O) groups is 1. The summed E-state index contributed by atoms with van der Waals surface area (Å²) in [4.78, 5) is 12.3. The number of hydrogen-bond acceptors (Lipinski definition) is 6. The first-order valence-electron chi connectivity index (χ1n) is 9.71. The average Bonchev–Trinajstić information content (AvgIpc) is 3.18. The molecule has 8 heteroatoms. The summed E-state index contributed by atoms with van der Waals surface area (Å²) in [7, 11) is 1.61. The second kappa shape index (κ2) is 10.2. The van der Waals surface area contributed by atoms with Crippen LogP contribution in [0.1, 0.15) is 38.7 Å². The highest BCUT2D eigenvalue weighted by Gasteiger charge is 2.23. The number of para-hydroxylation sites is 3. The van der Waals surface area contributed by atoms with Crippen molar-refractivity contribution in [2.45, 2.75) is 38.1 Å². The number of nitrogens with zero attached hydrogens (tertiary/aromatic N) is 3. The summed E-state index contributed by atoms with van der Waals surface area (Å²) in [6.45, 7) is 6.03. The second-order valence-corrected chi connectivity index (χ2v) is 7.86. The SMILES string of the molecule is COc1ccccc1OC(C)c1nnc(SCC(=O)Nc2ccccc2)n1C(C)C. The van der Waals surface area contributed by atoms with E-state index in [9.17, 15) is 4.79 Å². The van der Waals surface area contributed by atoms with Crippen LogP contribution in [0.2, 0.25) is 0 Å². The van der Waals surface area contributed by atoms with E-state index in [1.165, 1.54) is 11.8 Å². The van der Waals surface area contributed by atoms with Gasteiger partial charge in [0.15, 0.2) is 28.6 Å². The van der Waals surface area contributed by atoms with Crippen LogP contribution in [0.25, 0.3) is 0 Å². The number of carbonyl (C=O) groups excluding carboxylic acids is 1. The molecule has 1 heterocycles. The number of thioether (sulfide) groups is 1. The lowest BCUT2D eigenvalue weighted by Crippen LogP contribution is -2.16. The van der Waals surface area contributed by atoms with Gasteiger partial charge in [-0.25, -0.2) is 0 Å². The standard InChI is InChI=1S/C22H26N4O3S/c1-15(2)26-21(16(3)29-19-13-9-8-12-18(19)28-4)24-25-22(26)30-14-20(27)23-17-10-6-5-7-11-17/h5-13,15-16H,14H2,1-4H3,(H,23,27). The van der Waals surface area contributed by atoms with E-state index in [-0.39, 0.29) is 23.8 Å². The van der Waals surface area contributed by atoms with Crippen molar-refractivity contribution < 1.29 is 14.3 Å². The number of aromatic nitrogens is 3. The molecule has 0 aliphatic heterocycles. The minimum Gasteiger partial charge on any atom is -0.493 e. The summed E-state index contributed by atoms with van der Waals surface area (Å²) in [5.41, 5.74) is 0.771. The molecule has 1 amide bonds. The Morgan fingerprint density at radius 1 is 1.03 bits per heavy atom. The summed E-state index contributed by atoms with van der Waals surface area (Å²) in [6, 6.07) is 17.0. The Balaban J connectivity index is 1.70. The first-order chi connectivity index (χ1) is 14.5. The number of nitrogens with one attached hydrogen (secondary N) is 1. The zero-order chi connectivity index (χ0) is 21.5. The van der Waals surface area contributed by atoms with E-state index in [0.717, 1.165) is 5.69 Å². The molecule has 158 valence electrons. The minimum atomic E-state index is -0.344. The van der Waals surface area contributed by atoms with Crippen molar-refractivity contribution in [2.24, 2.45) is 0 Å². The number of amides is 1. The van der Waals surface area contributed by atoms with Crippen LogP contribution in [-0.2, 0) is 4.79 Å². The molecule has 2 aromatic carbocycles. The molecule has 30 heavy (non-hydrogen) atoms. The number of hydrogen-bond donors (Lipinski definition) is 1. The normalized spacial score (nSPS) is 11.9. The van der Waals surface area contributed by atoms with Crippen LogP contribution < -0.4 is 14.8 Å². The van der Waals surface area contributed by atoms with Gasteiger partial charge in [0.2, 0.25) is 5.91 Å². The van der Waals surface area contributed by atoms with E-state index in [2.05, 4.69) is 29.4 Å². The van der Waals surface area contributed by atoms with E-state index in [0.29, 0.717) is 22.5 Å². The molecule has 1 unspecified atom stereocenters. The Labute approximate surface area is 180 Å². The van der Waals surface area contributed by atoms with Crippen LogP contribution in [0.5, 0.6) is 11.5 Å². The molecule has 0 bridgehead atoms. The van der Waals surface area contributed by atoms with Gasteiger partial charge in [0.25, 0.3) is 0 Å². The first-order valence-corrected chi connectivity index (χ1v) is 10.7. The Bertz CT molecular complexity index is 976. The highest BCUT2D eigenvalue weighted by molar-refractivity contribution is 7.99. The van der Waals surface area contributed by atoms with E-state index in [1.54, 1.807) is 7.11 Å². The van der Waals surface area contributed by atoms with Crippen molar-refractivity contribution in [3.05, 3.63) is 60.4 Å². The summed E-state index contributed by atoms with van der Waals surface area (Å²) in [5, 5.41) is 12.2. The van der Waals surface area contributed by atoms with Crippen molar-refractivity contribution in [1.82, 2.24) is 14.8 Å². The molecular formula is C22H26N4O3S. The maximum Gasteiger partial charge on any atom is 0.234 e. The van der Waals surface area contributed by atoms with Crippen LogP contribution in [0.4, 0.5) is 5.69 Å². The van der Waals surface area contributed by atoms with Gasteiger partial charge < -0.3 is 19.4 Å². The van der Waals surface area contributed by atoms with Gasteiger partial charge in [-0.1, -0.05) is 42.1 Å². The third-order valence-corrected chi connectivity index (χ3v) is 5.28. The largest absolute Gasteiger partial charge is 0.493 e. The van der Waals surface area contributed by atoms with Crippen molar-refractivity contribution in [3.8, 4) is 11.5 Å². The number of ether oxygens (including phenoxy) is 2. The molecule has 1 atom stereocenters. The van der Waals surface area contributed by atoms with E-state index in [1.807, 2.05) is 66.1 Å². The van der Waals surface area contributed by atoms with Crippen LogP contribution in [-0.4, -0.2) is 33.5 Å². The number of anilines is 1. The fourth-order valence-electron chi connectivity index (χ4n) is 2.96. The smallest absolute Gasteiger partial charge is 0.234 e. The van der Waals surface area contributed by atoms with Gasteiger partial charge in [-0.2, -0.15) is 0 Å². The van der Waals surface area contributed by atoms with Crippen LogP contribution in [0, 0.1) is 0 Å². The quantitative estimate of drug-likeness (QED) is 0.498. The van der Waals surface area contributed by atoms with E-state index < -0.39 is 0 Å². The molecule has 3 rings (SSSR count). The molecule has 0 fully saturated rings. The molecule has 0 saturated carbocycles. The first kappa shape index (κ1) is 21.7. The number of methoxy groups -OCH3 is 1. The molecule has 0 saturated heterocycles. The molecular weight excluding hydrogens is 400 g/mol. The van der Waals surface area contributed by atoms with Gasteiger partial charge in [0, 0.05) is 11.7 Å². The number of rotatable bonds is 9. The van der Waals surface area contributed by atoms with Crippen molar-refractivity contribution in [1.29, 1.82) is 0 Å². The fraction of sp³-hybridized carbons (Fsp3) is 0.318. The molecule has 3 aromatic rings. The minimum absolute atomic E-state index is 0.0932. The van der Waals surface area contributed by atoms with Crippen LogP contribution >= 0.6 is 11.8 Å². The number of benzene rings is 2. The lowest BCUT2D eigenvalue weighted by molar-refractivity contribution is -0.113. The molecule has 1 N–H and O–H groups in total. The van der Waals surface area contributed by atoms with Gasteiger partial charge in [-0.3, -0.25) is 4.79 Å². The molecule has 0 spiro atoms. The summed E-state index contributed by atoms with van der Waals surface area (Å²) in [5.74, 6) is 2.14. The fourth-order valence-corrected chi connectivity index (χ4v) is 3.83. The maximum absolute atomic E-state index is 12.3. The van der Waals surface area contributed by atoms with Crippen molar-refractivity contribution in [3.63, 3.8) is 0 Å². The molecule has 7 nitrogen and oxygen atoms in total. The second-order valence-electron chi connectivity index (χ2n) is 6.92. The zero-order valence-electron chi connectivity index (χ0n) is 17.5. The Morgan fingerprint density at radius 3 is 2.37 bits per heavy atom. The van der Waals surface area contributed by atoms with Gasteiger partial charge in [0.05, 0.1) is 12.9 Å². The molecule has 0 aliphatic rings. The molecule has 1 aromatic heterocycles.